The molecule has 0 aliphatic heterocycles. The Morgan fingerprint density at radius 3 is 2.51 bits per heavy atom. The summed E-state index contributed by atoms with van der Waals surface area (Å²) in [4.78, 5) is 35.5. The highest BCUT2D eigenvalue weighted by atomic mass is 35.5. The minimum absolute atomic E-state index is 0.0630. The second kappa shape index (κ2) is 11.5. The molecule has 12 heteroatoms. The van der Waals surface area contributed by atoms with Gasteiger partial charge >= 0.3 is 12.2 Å². The molecule has 10 nitrogen and oxygen atoms in total. The number of rotatable bonds is 8. The van der Waals surface area contributed by atoms with E-state index in [0.717, 1.165) is 20.9 Å². The molecule has 2 amide bonds. The van der Waals surface area contributed by atoms with Gasteiger partial charge in [-0.2, -0.15) is 4.98 Å². The smallest absolute Gasteiger partial charge is 0.413 e. The third-order valence-electron chi connectivity index (χ3n) is 5.58. The molecule has 1 unspecified atom stereocenters. The Labute approximate surface area is 234 Å². The highest BCUT2D eigenvalue weighted by Gasteiger charge is 2.27. The number of halogens is 1. The molecule has 0 spiro atoms. The molecule has 206 valence electrons. The lowest BCUT2D eigenvalue weighted by Gasteiger charge is -2.22. The maximum atomic E-state index is 12.4. The van der Waals surface area contributed by atoms with Gasteiger partial charge in [0.25, 0.3) is 0 Å². The summed E-state index contributed by atoms with van der Waals surface area (Å²) in [6.07, 6.45) is 0.149. The number of fused-ring (bicyclic) bond motifs is 1. The molecule has 0 saturated heterocycles. The molecule has 4 rings (SSSR count). The van der Waals surface area contributed by atoms with Crippen molar-refractivity contribution in [3.63, 3.8) is 0 Å². The standard InChI is InChI=1S/C27H29ClN4O6S/c1-15(29-25(33)38-27(2,3)4)13-19-20(16-8-10-17(36-5)11-9-16)21-22(39-19)23(31-24(28)30-21)32(26(34)35)14-18-7-6-12-37-18/h6-12,15H,13-14H2,1-5H3,(H,29,33)(H,34,35). The van der Waals surface area contributed by atoms with Crippen molar-refractivity contribution < 1.29 is 28.6 Å². The van der Waals surface area contributed by atoms with Crippen LogP contribution < -0.4 is 15.0 Å². The molecule has 3 heterocycles. The molecule has 3 aromatic heterocycles. The summed E-state index contributed by atoms with van der Waals surface area (Å²) in [6.45, 7) is 7.20. The number of hydrogen-bond donors (Lipinski definition) is 2. The van der Waals surface area contributed by atoms with Crippen LogP contribution in [0.5, 0.6) is 5.75 Å². The molecule has 0 aliphatic rings. The van der Waals surface area contributed by atoms with Crippen LogP contribution in [0.15, 0.2) is 47.1 Å². The number of furan rings is 1. The van der Waals surface area contributed by atoms with Crippen molar-refractivity contribution in [3.05, 3.63) is 58.6 Å². The lowest BCUT2D eigenvalue weighted by atomic mass is 10.0. The number of nitrogens with one attached hydrogen (secondary N) is 1. The molecular weight excluding hydrogens is 544 g/mol. The molecule has 39 heavy (non-hydrogen) atoms. The maximum Gasteiger partial charge on any atom is 0.413 e. The highest BCUT2D eigenvalue weighted by molar-refractivity contribution is 7.20. The van der Waals surface area contributed by atoms with Gasteiger partial charge in [0.2, 0.25) is 5.28 Å². The summed E-state index contributed by atoms with van der Waals surface area (Å²) in [5.41, 5.74) is 1.47. The van der Waals surface area contributed by atoms with E-state index in [4.69, 9.17) is 25.5 Å². The maximum absolute atomic E-state index is 12.4. The summed E-state index contributed by atoms with van der Waals surface area (Å²) in [6, 6.07) is 10.5. The van der Waals surface area contributed by atoms with Crippen LogP contribution in [0.2, 0.25) is 5.28 Å². The lowest BCUT2D eigenvalue weighted by Crippen LogP contribution is -2.38. The number of alkyl carbamates (subject to hydrolysis) is 1. The molecule has 4 aromatic rings. The van der Waals surface area contributed by atoms with Crippen LogP contribution in [0.1, 0.15) is 38.3 Å². The number of ether oxygens (including phenoxy) is 2. The predicted octanol–water partition coefficient (Wildman–Crippen LogP) is 6.75. The third kappa shape index (κ3) is 6.79. The number of carboxylic acid groups (broad SMARTS) is 1. The largest absolute Gasteiger partial charge is 0.497 e. The number of carbonyl (C=O) groups is 2. The van der Waals surface area contributed by atoms with Gasteiger partial charge in [-0.3, -0.25) is 4.90 Å². The van der Waals surface area contributed by atoms with Crippen LogP contribution >= 0.6 is 22.9 Å². The van der Waals surface area contributed by atoms with Gasteiger partial charge in [-0.1, -0.05) is 12.1 Å². The monoisotopic (exact) mass is 572 g/mol. The Kier molecular flexibility index (Phi) is 8.31. The van der Waals surface area contributed by atoms with E-state index in [1.165, 1.54) is 17.6 Å². The number of benzene rings is 1. The summed E-state index contributed by atoms with van der Waals surface area (Å²) >= 11 is 7.70. The Balaban J connectivity index is 1.82. The van der Waals surface area contributed by atoms with E-state index in [9.17, 15) is 14.7 Å². The number of aromatic nitrogens is 2. The Morgan fingerprint density at radius 1 is 1.21 bits per heavy atom. The van der Waals surface area contributed by atoms with Crippen molar-refractivity contribution in [2.75, 3.05) is 12.0 Å². The zero-order valence-electron chi connectivity index (χ0n) is 22.1. The molecule has 0 saturated carbocycles. The SMILES string of the molecule is COc1ccc(-c2c(CC(C)NC(=O)OC(C)(C)C)sc3c(N(Cc4ccco4)C(=O)O)nc(Cl)nc23)cc1. The van der Waals surface area contributed by atoms with Gasteiger partial charge in [-0.05, 0) is 69.1 Å². The molecule has 0 aliphatic carbocycles. The fourth-order valence-electron chi connectivity index (χ4n) is 3.99. The van der Waals surface area contributed by atoms with E-state index < -0.39 is 17.8 Å². The summed E-state index contributed by atoms with van der Waals surface area (Å²) in [7, 11) is 1.59. The first-order valence-electron chi connectivity index (χ1n) is 12.1. The van der Waals surface area contributed by atoms with Crippen LogP contribution in [-0.4, -0.2) is 46.0 Å². The van der Waals surface area contributed by atoms with Crippen molar-refractivity contribution >= 4 is 51.2 Å². The zero-order chi connectivity index (χ0) is 28.3. The predicted molar refractivity (Wildman–Crippen MR) is 150 cm³/mol. The van der Waals surface area contributed by atoms with E-state index in [1.54, 1.807) is 40.0 Å². The normalized spacial score (nSPS) is 12.3. The summed E-state index contributed by atoms with van der Waals surface area (Å²) in [5, 5.41) is 12.8. The number of amides is 2. The van der Waals surface area contributed by atoms with Crippen LogP contribution in [0.4, 0.5) is 15.4 Å². The zero-order valence-corrected chi connectivity index (χ0v) is 23.7. The van der Waals surface area contributed by atoms with Crippen molar-refractivity contribution in [1.82, 2.24) is 15.3 Å². The van der Waals surface area contributed by atoms with E-state index in [0.29, 0.717) is 28.1 Å². The average Bonchev–Trinajstić information content (AvgIpc) is 3.48. The van der Waals surface area contributed by atoms with Crippen LogP contribution in [0, 0.1) is 0 Å². The second-order valence-electron chi connectivity index (χ2n) is 9.82. The van der Waals surface area contributed by atoms with E-state index in [-0.39, 0.29) is 23.7 Å². The minimum atomic E-state index is -1.22. The second-order valence-corrected chi connectivity index (χ2v) is 11.3. The Hall–Kier alpha value is -3.83. The number of nitrogens with zero attached hydrogens (tertiary/aromatic N) is 3. The first-order valence-corrected chi connectivity index (χ1v) is 13.3. The topological polar surface area (TPSA) is 127 Å². The number of carbonyl (C=O) groups excluding carboxylic acids is 1. The van der Waals surface area contributed by atoms with Gasteiger partial charge in [-0.25, -0.2) is 14.6 Å². The van der Waals surface area contributed by atoms with E-state index in [2.05, 4.69) is 15.3 Å². The van der Waals surface area contributed by atoms with Crippen molar-refractivity contribution in [2.45, 2.75) is 52.3 Å². The van der Waals surface area contributed by atoms with Crippen molar-refractivity contribution in [3.8, 4) is 16.9 Å². The van der Waals surface area contributed by atoms with Crippen molar-refractivity contribution in [1.29, 1.82) is 0 Å². The fraction of sp³-hybridized carbons (Fsp3) is 0.333. The van der Waals surface area contributed by atoms with Crippen LogP contribution in [0.3, 0.4) is 0 Å². The van der Waals surface area contributed by atoms with Gasteiger partial charge in [0.05, 0.1) is 30.1 Å². The van der Waals surface area contributed by atoms with Crippen molar-refractivity contribution in [2.24, 2.45) is 0 Å². The number of anilines is 1. The van der Waals surface area contributed by atoms with Gasteiger partial charge < -0.3 is 24.3 Å². The number of thiophene rings is 1. The number of methoxy groups -OCH3 is 1. The minimum Gasteiger partial charge on any atom is -0.497 e. The molecule has 0 radical (unpaired) electrons. The summed E-state index contributed by atoms with van der Waals surface area (Å²) in [5.74, 6) is 1.28. The van der Waals surface area contributed by atoms with E-state index in [1.807, 2.05) is 31.2 Å². The van der Waals surface area contributed by atoms with Crippen LogP contribution in [0.25, 0.3) is 21.3 Å². The quantitative estimate of drug-likeness (QED) is 0.222. The van der Waals surface area contributed by atoms with Gasteiger partial charge in [0.15, 0.2) is 5.82 Å². The molecule has 0 bridgehead atoms. The molecule has 1 aromatic carbocycles. The molecular formula is C27H29ClN4O6S. The number of hydrogen-bond acceptors (Lipinski definition) is 8. The average molecular weight is 573 g/mol. The van der Waals surface area contributed by atoms with Gasteiger partial charge in [0, 0.05) is 22.9 Å². The third-order valence-corrected chi connectivity index (χ3v) is 6.94. The first-order chi connectivity index (χ1) is 18.4. The molecule has 0 fully saturated rings. The first kappa shape index (κ1) is 28.2. The lowest BCUT2D eigenvalue weighted by molar-refractivity contribution is 0.0508. The molecule has 2 N–H and O–H groups in total. The van der Waals surface area contributed by atoms with Crippen LogP contribution in [-0.2, 0) is 17.7 Å². The van der Waals surface area contributed by atoms with Gasteiger partial charge in [-0.15, -0.1) is 11.3 Å². The Bertz CT molecular complexity index is 1460. The fourth-order valence-corrected chi connectivity index (χ4v) is 5.55. The summed E-state index contributed by atoms with van der Waals surface area (Å²) < 4.78 is 16.6. The van der Waals surface area contributed by atoms with Gasteiger partial charge in [0.1, 0.15) is 17.1 Å². The highest BCUT2D eigenvalue weighted by Crippen LogP contribution is 2.43. The molecule has 1 atom stereocenters. The Morgan fingerprint density at radius 2 is 1.92 bits per heavy atom. The van der Waals surface area contributed by atoms with E-state index >= 15 is 0 Å².